The maximum absolute atomic E-state index is 13.2. The van der Waals surface area contributed by atoms with Gasteiger partial charge in [-0.15, -0.1) is 0 Å². The van der Waals surface area contributed by atoms with Crippen molar-refractivity contribution >= 4 is 10.7 Å². The molecule has 27 heavy (non-hydrogen) atoms. The van der Waals surface area contributed by atoms with E-state index in [9.17, 15) is 21.6 Å². The van der Waals surface area contributed by atoms with Gasteiger partial charge in [-0.25, -0.2) is 13.4 Å². The molecule has 5 nitrogen and oxygen atoms in total. The fraction of sp³-hybridized carbons (Fsp3) is 0.167. The number of benzene rings is 2. The van der Waals surface area contributed by atoms with Crippen molar-refractivity contribution in [1.29, 1.82) is 0 Å². The molecule has 2 N–H and O–H groups in total. The van der Waals surface area contributed by atoms with Crippen LogP contribution in [0.1, 0.15) is 16.8 Å². The van der Waals surface area contributed by atoms with Gasteiger partial charge in [-0.3, -0.25) is 4.57 Å². The Labute approximate surface area is 155 Å². The first-order chi connectivity index (χ1) is 12.8. The minimum absolute atomic E-state index is 0.124. The fourth-order valence-electron chi connectivity index (χ4n) is 2.62. The second kappa shape index (κ2) is 7.53. The lowest BCUT2D eigenvalue weighted by Crippen LogP contribution is -2.05. The van der Waals surface area contributed by atoms with E-state index < -0.39 is 22.6 Å². The average molecular weight is 395 g/mol. The highest BCUT2D eigenvalue weighted by molar-refractivity contribution is 7.71. The molecule has 1 heterocycles. The van der Waals surface area contributed by atoms with Gasteiger partial charge in [-0.2, -0.15) is 13.2 Å². The SMILES string of the molecule is NCc1ccc(-c2nc(C(F)(F)F)cn2-c2ccc(C[SH](=O)=O)cc2)cc1. The number of aromatic nitrogens is 2. The second-order valence-electron chi connectivity index (χ2n) is 5.88. The van der Waals surface area contributed by atoms with E-state index in [1.165, 1.54) is 4.57 Å². The molecule has 9 heteroatoms. The Morgan fingerprint density at radius 1 is 0.963 bits per heavy atom. The van der Waals surface area contributed by atoms with Crippen molar-refractivity contribution in [3.8, 4) is 17.1 Å². The van der Waals surface area contributed by atoms with Crippen LogP contribution in [0.15, 0.2) is 54.7 Å². The van der Waals surface area contributed by atoms with E-state index >= 15 is 0 Å². The Kier molecular flexibility index (Phi) is 5.33. The normalized spacial score (nSPS) is 11.9. The second-order valence-corrected chi connectivity index (χ2v) is 6.86. The third-order valence-corrected chi connectivity index (χ3v) is 4.59. The van der Waals surface area contributed by atoms with Crippen LogP contribution in [0.5, 0.6) is 0 Å². The highest BCUT2D eigenvalue weighted by Gasteiger charge is 2.35. The van der Waals surface area contributed by atoms with Gasteiger partial charge in [0.1, 0.15) is 16.5 Å². The molecule has 142 valence electrons. The molecule has 2 aromatic carbocycles. The van der Waals surface area contributed by atoms with Gasteiger partial charge >= 0.3 is 6.18 Å². The van der Waals surface area contributed by atoms with Crippen LogP contribution < -0.4 is 5.73 Å². The number of thiol groups is 1. The number of halogens is 3. The van der Waals surface area contributed by atoms with Gasteiger partial charge in [0.2, 0.25) is 0 Å². The van der Waals surface area contributed by atoms with Crippen LogP contribution in [-0.2, 0) is 29.2 Å². The van der Waals surface area contributed by atoms with Gasteiger partial charge in [0.25, 0.3) is 0 Å². The van der Waals surface area contributed by atoms with Crippen molar-refractivity contribution < 1.29 is 21.6 Å². The van der Waals surface area contributed by atoms with E-state index in [1.807, 2.05) is 0 Å². The van der Waals surface area contributed by atoms with Crippen LogP contribution in [0, 0.1) is 0 Å². The topological polar surface area (TPSA) is 78.0 Å². The van der Waals surface area contributed by atoms with Crippen molar-refractivity contribution in [2.45, 2.75) is 18.5 Å². The summed E-state index contributed by atoms with van der Waals surface area (Å²) in [6.45, 7) is 0.325. The molecule has 0 spiro atoms. The monoisotopic (exact) mass is 395 g/mol. The summed E-state index contributed by atoms with van der Waals surface area (Å²) in [5.74, 6) is 0.00866. The minimum Gasteiger partial charge on any atom is -0.326 e. The van der Waals surface area contributed by atoms with Crippen molar-refractivity contribution in [3.05, 3.63) is 71.5 Å². The van der Waals surface area contributed by atoms with E-state index in [4.69, 9.17) is 5.73 Å². The van der Waals surface area contributed by atoms with Crippen LogP contribution in [0.4, 0.5) is 13.2 Å². The molecule has 0 unspecified atom stereocenters. The molecule has 0 aliphatic carbocycles. The van der Waals surface area contributed by atoms with E-state index in [-0.39, 0.29) is 11.6 Å². The van der Waals surface area contributed by atoms with E-state index in [1.54, 1.807) is 48.5 Å². The Morgan fingerprint density at radius 2 is 1.56 bits per heavy atom. The van der Waals surface area contributed by atoms with Crippen LogP contribution >= 0.6 is 0 Å². The lowest BCUT2D eigenvalue weighted by Gasteiger charge is -2.09. The first-order valence-electron chi connectivity index (χ1n) is 7.95. The molecule has 0 atom stereocenters. The van der Waals surface area contributed by atoms with Gasteiger partial charge in [0.15, 0.2) is 5.69 Å². The minimum atomic E-state index is -4.59. The predicted molar refractivity (Wildman–Crippen MR) is 95.9 cm³/mol. The quantitative estimate of drug-likeness (QED) is 0.651. The van der Waals surface area contributed by atoms with Gasteiger partial charge in [0.05, 0.1) is 5.75 Å². The third kappa shape index (κ3) is 4.37. The number of nitrogens with zero attached hydrogens (tertiary/aromatic N) is 2. The Morgan fingerprint density at radius 3 is 2.07 bits per heavy atom. The van der Waals surface area contributed by atoms with Gasteiger partial charge in [0, 0.05) is 24.0 Å². The summed E-state index contributed by atoms with van der Waals surface area (Å²) in [6, 6.07) is 13.0. The molecule has 0 radical (unpaired) electrons. The molecule has 0 aliphatic heterocycles. The maximum Gasteiger partial charge on any atom is 0.434 e. The van der Waals surface area contributed by atoms with Gasteiger partial charge in [-0.1, -0.05) is 36.4 Å². The molecule has 1 aromatic heterocycles. The van der Waals surface area contributed by atoms with Crippen LogP contribution in [0.2, 0.25) is 0 Å². The summed E-state index contributed by atoms with van der Waals surface area (Å²) in [6.07, 6.45) is -3.66. The largest absolute Gasteiger partial charge is 0.434 e. The Balaban J connectivity index is 2.08. The predicted octanol–water partition coefficient (Wildman–Crippen LogP) is 3.13. The summed E-state index contributed by atoms with van der Waals surface area (Å²) in [7, 11) is -2.58. The van der Waals surface area contributed by atoms with Crippen LogP contribution in [0.25, 0.3) is 17.1 Å². The lowest BCUT2D eigenvalue weighted by atomic mass is 10.1. The summed E-state index contributed by atoms with van der Waals surface area (Å²) in [5.41, 5.74) is 6.91. The first kappa shape index (κ1) is 19.1. The van der Waals surface area contributed by atoms with Crippen molar-refractivity contribution in [2.75, 3.05) is 0 Å². The summed E-state index contributed by atoms with van der Waals surface area (Å²) in [4.78, 5) is 3.76. The fourth-order valence-corrected chi connectivity index (χ4v) is 3.13. The smallest absolute Gasteiger partial charge is 0.326 e. The van der Waals surface area contributed by atoms with Crippen molar-refractivity contribution in [3.63, 3.8) is 0 Å². The zero-order valence-corrected chi connectivity index (χ0v) is 14.9. The number of imidazole rings is 1. The molecule has 0 aliphatic rings. The highest BCUT2D eigenvalue weighted by Crippen LogP contribution is 2.32. The molecule has 0 saturated carbocycles. The highest BCUT2D eigenvalue weighted by atomic mass is 32.2. The molecule has 3 rings (SSSR count). The molecule has 0 fully saturated rings. The zero-order chi connectivity index (χ0) is 19.6. The van der Waals surface area contributed by atoms with E-state index in [0.717, 1.165) is 11.8 Å². The van der Waals surface area contributed by atoms with E-state index in [0.29, 0.717) is 23.4 Å². The first-order valence-corrected chi connectivity index (χ1v) is 9.31. The number of hydrogen-bond donors (Lipinski definition) is 2. The average Bonchev–Trinajstić information content (AvgIpc) is 3.08. The maximum atomic E-state index is 13.2. The standard InChI is InChI=1S/C18H16F3N3O2S/c19-18(20,21)16-10-24(15-7-3-13(4-8-15)11-27(25)26)17(23-16)14-5-1-12(9-22)2-6-14/h1-8,10,27H,9,11,22H2. The summed E-state index contributed by atoms with van der Waals surface area (Å²) >= 11 is 0. The van der Waals surface area contributed by atoms with Gasteiger partial charge < -0.3 is 5.73 Å². The molecule has 0 bridgehead atoms. The molecule has 3 aromatic rings. The van der Waals surface area contributed by atoms with Crippen LogP contribution in [-0.4, -0.2) is 18.0 Å². The number of alkyl halides is 3. The van der Waals surface area contributed by atoms with Crippen LogP contribution in [0.3, 0.4) is 0 Å². The number of nitrogens with two attached hydrogens (primary N) is 1. The van der Waals surface area contributed by atoms with Gasteiger partial charge in [-0.05, 0) is 23.3 Å². The summed E-state index contributed by atoms with van der Waals surface area (Å²) in [5, 5.41) is 0. The van der Waals surface area contributed by atoms with Crippen molar-refractivity contribution in [1.82, 2.24) is 9.55 Å². The van der Waals surface area contributed by atoms with Crippen molar-refractivity contribution in [2.24, 2.45) is 5.73 Å². The third-order valence-electron chi connectivity index (χ3n) is 3.97. The molecular formula is C18H16F3N3O2S. The zero-order valence-electron chi connectivity index (χ0n) is 14.0. The lowest BCUT2D eigenvalue weighted by molar-refractivity contribution is -0.140. The molecule has 0 saturated heterocycles. The Bertz CT molecular complexity index is 1000. The number of rotatable bonds is 5. The summed E-state index contributed by atoms with van der Waals surface area (Å²) < 4.78 is 62.5. The molecular weight excluding hydrogens is 379 g/mol. The van der Waals surface area contributed by atoms with E-state index in [2.05, 4.69) is 4.98 Å². The molecule has 0 amide bonds. The Hall–Kier alpha value is -2.65. The number of hydrogen-bond acceptors (Lipinski definition) is 4.